The third-order valence-corrected chi connectivity index (χ3v) is 2.43. The summed E-state index contributed by atoms with van der Waals surface area (Å²) in [4.78, 5) is 10.7. The first-order valence-corrected chi connectivity index (χ1v) is 5.80. The number of hydrogen-bond donors (Lipinski definition) is 1. The average molecular weight is 277 g/mol. The van der Waals surface area contributed by atoms with Crippen LogP contribution in [0.3, 0.4) is 0 Å². The zero-order valence-corrected chi connectivity index (χ0v) is 11.1. The van der Waals surface area contributed by atoms with Crippen molar-refractivity contribution in [2.24, 2.45) is 0 Å². The molecule has 0 fully saturated rings. The second-order valence-electron chi connectivity index (χ2n) is 3.86. The van der Waals surface area contributed by atoms with Crippen LogP contribution in [0.25, 0.3) is 0 Å². The Morgan fingerprint density at radius 1 is 1.33 bits per heavy atom. The Kier molecular flexibility index (Phi) is 8.12. The van der Waals surface area contributed by atoms with Gasteiger partial charge in [0.2, 0.25) is 0 Å². The fourth-order valence-electron chi connectivity index (χ4n) is 1.48. The Bertz CT molecular complexity index is 382. The molecule has 0 heterocycles. The van der Waals surface area contributed by atoms with E-state index in [0.717, 1.165) is 31.7 Å². The quantitative estimate of drug-likeness (QED) is 0.768. The van der Waals surface area contributed by atoms with E-state index in [-0.39, 0.29) is 18.0 Å². The van der Waals surface area contributed by atoms with E-state index in [9.17, 15) is 9.18 Å². The first-order chi connectivity index (χ1) is 8.15. The van der Waals surface area contributed by atoms with Crippen LogP contribution in [0.15, 0.2) is 18.2 Å². The third-order valence-electron chi connectivity index (χ3n) is 2.43. The van der Waals surface area contributed by atoms with E-state index < -0.39 is 11.8 Å². The van der Waals surface area contributed by atoms with Crippen molar-refractivity contribution < 1.29 is 19.0 Å². The van der Waals surface area contributed by atoms with Gasteiger partial charge in [-0.2, -0.15) is 0 Å². The summed E-state index contributed by atoms with van der Waals surface area (Å²) in [6.07, 6.45) is 4.32. The summed E-state index contributed by atoms with van der Waals surface area (Å²) in [6, 6.07) is 3.78. The lowest BCUT2D eigenvalue weighted by Gasteiger charge is -2.07. The average Bonchev–Trinajstić information content (AvgIpc) is 2.30. The van der Waals surface area contributed by atoms with Crippen molar-refractivity contribution in [1.82, 2.24) is 0 Å². The Balaban J connectivity index is 0.00000289. The summed E-state index contributed by atoms with van der Waals surface area (Å²) < 4.78 is 18.4. The SMILES string of the molecule is CCCCCCOc1ccc(F)c(C(=O)O)c1.Cl. The number of benzene rings is 1. The molecular formula is C13H18ClFO3. The second-order valence-corrected chi connectivity index (χ2v) is 3.86. The highest BCUT2D eigenvalue weighted by atomic mass is 35.5. The van der Waals surface area contributed by atoms with Crippen molar-refractivity contribution in [3.63, 3.8) is 0 Å². The summed E-state index contributed by atoms with van der Waals surface area (Å²) in [5, 5.41) is 8.74. The molecule has 1 aromatic rings. The van der Waals surface area contributed by atoms with Gasteiger partial charge >= 0.3 is 5.97 Å². The predicted molar refractivity (Wildman–Crippen MR) is 70.2 cm³/mol. The van der Waals surface area contributed by atoms with Crippen LogP contribution in [0.1, 0.15) is 43.0 Å². The molecule has 102 valence electrons. The van der Waals surface area contributed by atoms with E-state index in [0.29, 0.717) is 12.4 Å². The molecule has 1 aromatic carbocycles. The van der Waals surface area contributed by atoms with Crippen molar-refractivity contribution >= 4 is 18.4 Å². The molecule has 0 saturated heterocycles. The van der Waals surface area contributed by atoms with Crippen LogP contribution in [0.5, 0.6) is 5.75 Å². The van der Waals surface area contributed by atoms with Crippen LogP contribution < -0.4 is 4.74 Å². The lowest BCUT2D eigenvalue weighted by Crippen LogP contribution is -2.03. The molecule has 3 nitrogen and oxygen atoms in total. The molecule has 0 saturated carbocycles. The maximum absolute atomic E-state index is 13.1. The maximum Gasteiger partial charge on any atom is 0.338 e. The number of hydrogen-bond acceptors (Lipinski definition) is 2. The molecular weight excluding hydrogens is 259 g/mol. The van der Waals surface area contributed by atoms with Gasteiger partial charge in [0.15, 0.2) is 0 Å². The monoisotopic (exact) mass is 276 g/mol. The molecule has 1 N–H and O–H groups in total. The van der Waals surface area contributed by atoms with E-state index >= 15 is 0 Å². The van der Waals surface area contributed by atoms with E-state index in [1.54, 1.807) is 0 Å². The molecule has 0 atom stereocenters. The molecule has 0 bridgehead atoms. The highest BCUT2D eigenvalue weighted by molar-refractivity contribution is 5.88. The van der Waals surface area contributed by atoms with Gasteiger partial charge in [-0.1, -0.05) is 26.2 Å². The number of aromatic carboxylic acids is 1. The van der Waals surface area contributed by atoms with E-state index in [1.807, 2.05) is 0 Å². The number of carbonyl (C=O) groups is 1. The standard InChI is InChI=1S/C13H17FO3.ClH/c1-2-3-4-5-8-17-10-6-7-12(14)11(9-10)13(15)16;/h6-7,9H,2-5,8H2,1H3,(H,15,16);1H. The Labute approximate surface area is 112 Å². The Morgan fingerprint density at radius 2 is 2.06 bits per heavy atom. The first-order valence-electron chi connectivity index (χ1n) is 5.80. The van der Waals surface area contributed by atoms with E-state index in [2.05, 4.69) is 6.92 Å². The van der Waals surface area contributed by atoms with Crippen molar-refractivity contribution in [2.45, 2.75) is 32.6 Å². The molecule has 0 aliphatic rings. The molecule has 0 amide bonds. The minimum Gasteiger partial charge on any atom is -0.494 e. The lowest BCUT2D eigenvalue weighted by atomic mass is 10.2. The summed E-state index contributed by atoms with van der Waals surface area (Å²) in [7, 11) is 0. The summed E-state index contributed by atoms with van der Waals surface area (Å²) in [6.45, 7) is 2.66. The van der Waals surface area contributed by atoms with Crippen molar-refractivity contribution in [2.75, 3.05) is 6.61 Å². The normalized spacial score (nSPS) is 9.67. The van der Waals surface area contributed by atoms with Crippen LogP contribution >= 0.6 is 12.4 Å². The smallest absolute Gasteiger partial charge is 0.338 e. The van der Waals surface area contributed by atoms with Gasteiger partial charge in [-0.3, -0.25) is 0 Å². The zero-order chi connectivity index (χ0) is 12.7. The molecule has 1 rings (SSSR count). The Morgan fingerprint density at radius 3 is 2.67 bits per heavy atom. The van der Waals surface area contributed by atoms with E-state index in [4.69, 9.17) is 9.84 Å². The molecule has 5 heteroatoms. The van der Waals surface area contributed by atoms with Crippen molar-refractivity contribution in [1.29, 1.82) is 0 Å². The third kappa shape index (κ3) is 5.36. The van der Waals surface area contributed by atoms with Gasteiger partial charge in [0.05, 0.1) is 12.2 Å². The molecule has 0 unspecified atom stereocenters. The van der Waals surface area contributed by atoms with Gasteiger partial charge in [-0.25, -0.2) is 9.18 Å². The number of rotatable bonds is 7. The minimum atomic E-state index is -1.28. The van der Waals surface area contributed by atoms with Crippen molar-refractivity contribution in [3.8, 4) is 5.75 Å². The predicted octanol–water partition coefficient (Wildman–Crippen LogP) is 3.90. The summed E-state index contributed by atoms with van der Waals surface area (Å²) >= 11 is 0. The van der Waals surface area contributed by atoms with E-state index in [1.165, 1.54) is 12.1 Å². The molecule has 0 radical (unpaired) electrons. The van der Waals surface area contributed by atoms with Gasteiger partial charge in [-0.15, -0.1) is 12.4 Å². The highest BCUT2D eigenvalue weighted by Gasteiger charge is 2.11. The summed E-state index contributed by atoms with van der Waals surface area (Å²) in [5.41, 5.74) is -0.351. The maximum atomic E-state index is 13.1. The first kappa shape index (κ1) is 16.7. The van der Waals surface area contributed by atoms with Gasteiger partial charge in [0.25, 0.3) is 0 Å². The summed E-state index contributed by atoms with van der Waals surface area (Å²) in [5.74, 6) is -1.62. The van der Waals surface area contributed by atoms with Crippen LogP contribution in [-0.4, -0.2) is 17.7 Å². The second kappa shape index (κ2) is 8.75. The molecule has 0 aliphatic carbocycles. The molecule has 0 spiro atoms. The molecule has 0 aromatic heterocycles. The van der Waals surface area contributed by atoms with Gasteiger partial charge in [-0.05, 0) is 24.6 Å². The fraction of sp³-hybridized carbons (Fsp3) is 0.462. The molecule has 0 aliphatic heterocycles. The van der Waals surface area contributed by atoms with Crippen LogP contribution in [0, 0.1) is 5.82 Å². The number of carboxylic acid groups (broad SMARTS) is 1. The van der Waals surface area contributed by atoms with Crippen LogP contribution in [0.4, 0.5) is 4.39 Å². The van der Waals surface area contributed by atoms with Gasteiger partial charge < -0.3 is 9.84 Å². The number of halogens is 2. The fourth-order valence-corrected chi connectivity index (χ4v) is 1.48. The largest absolute Gasteiger partial charge is 0.494 e. The van der Waals surface area contributed by atoms with Gasteiger partial charge in [0, 0.05) is 0 Å². The van der Waals surface area contributed by atoms with Crippen LogP contribution in [0.2, 0.25) is 0 Å². The zero-order valence-electron chi connectivity index (χ0n) is 10.3. The van der Waals surface area contributed by atoms with Crippen LogP contribution in [-0.2, 0) is 0 Å². The highest BCUT2D eigenvalue weighted by Crippen LogP contribution is 2.17. The van der Waals surface area contributed by atoms with Crippen molar-refractivity contribution in [3.05, 3.63) is 29.6 Å². The Hall–Kier alpha value is -1.29. The van der Waals surface area contributed by atoms with Gasteiger partial charge in [0.1, 0.15) is 11.6 Å². The minimum absolute atomic E-state index is 0. The number of unbranched alkanes of at least 4 members (excludes halogenated alkanes) is 3. The lowest BCUT2D eigenvalue weighted by molar-refractivity contribution is 0.0691. The topological polar surface area (TPSA) is 46.5 Å². The number of carboxylic acids is 1. The number of ether oxygens (including phenoxy) is 1. The molecule has 18 heavy (non-hydrogen) atoms.